The predicted octanol–water partition coefficient (Wildman–Crippen LogP) is 3.20. The summed E-state index contributed by atoms with van der Waals surface area (Å²) in [6, 6.07) is 0. The summed E-state index contributed by atoms with van der Waals surface area (Å²) in [6.07, 6.45) is 5.26. The lowest BCUT2D eigenvalue weighted by Gasteiger charge is -2.62. The second-order valence-corrected chi connectivity index (χ2v) is 12.6. The third-order valence-electron chi connectivity index (χ3n) is 11.1. The summed E-state index contributed by atoms with van der Waals surface area (Å²) in [4.78, 5) is 11.3. The van der Waals surface area contributed by atoms with E-state index in [1.54, 1.807) is 0 Å². The molecule has 3 N–H and O–H groups in total. The van der Waals surface area contributed by atoms with Crippen molar-refractivity contribution in [2.24, 2.45) is 40.4 Å². The lowest BCUT2D eigenvalue weighted by Crippen LogP contribution is -2.61. The van der Waals surface area contributed by atoms with Gasteiger partial charge in [-0.25, -0.2) is 0 Å². The van der Waals surface area contributed by atoms with Gasteiger partial charge in [0.15, 0.2) is 12.4 Å². The van der Waals surface area contributed by atoms with Gasteiger partial charge in [0.05, 0.1) is 18.8 Å². The van der Waals surface area contributed by atoms with Crippen molar-refractivity contribution < 1.29 is 34.3 Å². The van der Waals surface area contributed by atoms with Gasteiger partial charge in [-0.05, 0) is 91.8 Å². The van der Waals surface area contributed by atoms with Gasteiger partial charge in [0.1, 0.15) is 12.2 Å². The molecular formula is C28H44O7. The highest BCUT2D eigenvalue weighted by atomic mass is 16.7. The van der Waals surface area contributed by atoms with Gasteiger partial charge in [0.25, 0.3) is 0 Å². The minimum Gasteiger partial charge on any atom is -0.457 e. The number of hydrogen-bond acceptors (Lipinski definition) is 7. The van der Waals surface area contributed by atoms with Crippen LogP contribution >= 0.6 is 0 Å². The van der Waals surface area contributed by atoms with Crippen molar-refractivity contribution in [3.63, 3.8) is 0 Å². The number of aliphatic hydroxyl groups excluding tert-OH is 3. The van der Waals surface area contributed by atoms with Crippen LogP contribution in [0.1, 0.15) is 72.1 Å². The van der Waals surface area contributed by atoms with Crippen LogP contribution in [0.25, 0.3) is 0 Å². The molecule has 0 aromatic carbocycles. The smallest absolute Gasteiger partial charge is 0.303 e. The average Bonchev–Trinajstić information content (AvgIpc) is 3.16. The first-order valence-corrected chi connectivity index (χ1v) is 13.7. The van der Waals surface area contributed by atoms with Crippen molar-refractivity contribution >= 4 is 5.97 Å². The fourth-order valence-corrected chi connectivity index (χ4v) is 9.26. The summed E-state index contributed by atoms with van der Waals surface area (Å²) >= 11 is 0. The highest BCUT2D eigenvalue weighted by Crippen LogP contribution is 2.67. The van der Waals surface area contributed by atoms with E-state index >= 15 is 0 Å². The van der Waals surface area contributed by atoms with Crippen LogP contribution in [0, 0.1) is 40.4 Å². The molecule has 7 heteroatoms. The molecule has 7 nitrogen and oxygen atoms in total. The Morgan fingerprint density at radius 3 is 2.34 bits per heavy atom. The van der Waals surface area contributed by atoms with Crippen molar-refractivity contribution in [3.05, 3.63) is 12.7 Å². The first-order chi connectivity index (χ1) is 16.6. The number of carbonyl (C=O) groups excluding carboxylic acids is 1. The zero-order valence-electron chi connectivity index (χ0n) is 21.5. The highest BCUT2D eigenvalue weighted by molar-refractivity contribution is 5.66. The molecule has 1 aliphatic heterocycles. The topological polar surface area (TPSA) is 105 Å². The van der Waals surface area contributed by atoms with Crippen LogP contribution in [-0.4, -0.2) is 64.7 Å². The molecule has 0 aromatic rings. The Kier molecular flexibility index (Phi) is 6.88. The van der Waals surface area contributed by atoms with Gasteiger partial charge in [-0.1, -0.05) is 19.9 Å². The molecule has 1 heterocycles. The number of fused-ring (bicyclic) bond motifs is 5. The summed E-state index contributed by atoms with van der Waals surface area (Å²) in [7, 11) is 0. The zero-order chi connectivity index (χ0) is 25.1. The summed E-state index contributed by atoms with van der Waals surface area (Å²) in [5.74, 6) is 2.31. The number of rotatable bonds is 4. The van der Waals surface area contributed by atoms with E-state index in [1.165, 1.54) is 32.6 Å². The van der Waals surface area contributed by atoms with Gasteiger partial charge in [0.2, 0.25) is 0 Å². The Morgan fingerprint density at radius 1 is 0.943 bits per heavy atom. The third kappa shape index (κ3) is 4.10. The Morgan fingerprint density at radius 2 is 1.63 bits per heavy atom. The van der Waals surface area contributed by atoms with Gasteiger partial charge < -0.3 is 29.5 Å². The molecule has 35 heavy (non-hydrogen) atoms. The van der Waals surface area contributed by atoms with Crippen molar-refractivity contribution in [2.75, 3.05) is 6.61 Å². The maximum Gasteiger partial charge on any atom is 0.303 e. The number of ether oxygens (including phenoxy) is 3. The van der Waals surface area contributed by atoms with Crippen LogP contribution in [0.3, 0.4) is 0 Å². The lowest BCUT2D eigenvalue weighted by atomic mass is 9.44. The van der Waals surface area contributed by atoms with E-state index in [1.807, 2.05) is 0 Å². The molecule has 5 fully saturated rings. The SMILES string of the molecule is C=C[C@H]1CC[C@H]2[C@@H]3CC[C@H]4[C@H](O[C@@H]5OC[C@@H](OC(C)=O)[C@@H](O)[C@@H]5O)[C@@H](O)CC[C@]4(C)[C@H]3CC[C@]12C. The Balaban J connectivity index is 1.32. The van der Waals surface area contributed by atoms with E-state index in [2.05, 4.69) is 26.5 Å². The van der Waals surface area contributed by atoms with Gasteiger partial charge in [-0.15, -0.1) is 6.58 Å². The molecule has 0 radical (unpaired) electrons. The highest BCUT2D eigenvalue weighted by Gasteiger charge is 2.62. The van der Waals surface area contributed by atoms with E-state index in [0.717, 1.165) is 25.2 Å². The first-order valence-electron chi connectivity index (χ1n) is 13.7. The molecule has 5 aliphatic rings. The number of hydrogen-bond donors (Lipinski definition) is 3. The molecule has 198 valence electrons. The number of allylic oxidation sites excluding steroid dienone is 1. The molecule has 4 saturated carbocycles. The molecule has 5 rings (SSSR count). The van der Waals surface area contributed by atoms with Gasteiger partial charge in [0, 0.05) is 6.92 Å². The maximum atomic E-state index is 11.3. The minimum atomic E-state index is -1.35. The van der Waals surface area contributed by atoms with Crippen molar-refractivity contribution in [1.29, 1.82) is 0 Å². The number of carbonyl (C=O) groups is 1. The summed E-state index contributed by atoms with van der Waals surface area (Å²) in [6.45, 7) is 10.3. The van der Waals surface area contributed by atoms with Crippen LogP contribution in [0.4, 0.5) is 0 Å². The van der Waals surface area contributed by atoms with E-state index in [9.17, 15) is 20.1 Å². The zero-order valence-corrected chi connectivity index (χ0v) is 21.5. The molecule has 13 atom stereocenters. The van der Waals surface area contributed by atoms with Gasteiger partial charge in [-0.2, -0.15) is 0 Å². The molecule has 0 spiro atoms. The number of aliphatic hydroxyl groups is 3. The van der Waals surface area contributed by atoms with Crippen LogP contribution < -0.4 is 0 Å². The Hall–Kier alpha value is -0.990. The Labute approximate surface area is 209 Å². The monoisotopic (exact) mass is 492 g/mol. The Bertz CT molecular complexity index is 817. The van der Waals surface area contributed by atoms with Gasteiger partial charge in [-0.3, -0.25) is 4.79 Å². The average molecular weight is 493 g/mol. The predicted molar refractivity (Wildman–Crippen MR) is 129 cm³/mol. The van der Waals surface area contributed by atoms with E-state index < -0.39 is 42.8 Å². The summed E-state index contributed by atoms with van der Waals surface area (Å²) in [5, 5.41) is 32.2. The second-order valence-electron chi connectivity index (χ2n) is 12.6. The second kappa shape index (κ2) is 9.39. The van der Waals surface area contributed by atoms with E-state index in [0.29, 0.717) is 29.6 Å². The normalized spacial score (nSPS) is 53.7. The quantitative estimate of drug-likeness (QED) is 0.409. The molecule has 0 unspecified atom stereocenters. The van der Waals surface area contributed by atoms with E-state index in [-0.39, 0.29) is 17.9 Å². The lowest BCUT2D eigenvalue weighted by molar-refractivity contribution is -0.311. The molecule has 0 bridgehead atoms. The van der Waals surface area contributed by atoms with Crippen molar-refractivity contribution in [2.45, 2.75) is 109 Å². The van der Waals surface area contributed by atoms with Crippen molar-refractivity contribution in [1.82, 2.24) is 0 Å². The standard InChI is InChI=1S/C28H44O7/c1-5-16-6-8-18-17-7-9-20-25(35-26-24(32)23(31)22(14-33-26)34-15(2)29)21(30)11-13-28(20,4)19(17)10-12-27(16,18)3/h5,16-26,30-32H,1,6-14H2,2-4H3/t16-,17-,18-,19-,20-,21-,22+,23+,24-,25-,26-,27+,28+/m0/s1. The maximum absolute atomic E-state index is 11.3. The molecule has 0 aromatic heterocycles. The molecule has 1 saturated heterocycles. The third-order valence-corrected chi connectivity index (χ3v) is 11.1. The molecule has 0 amide bonds. The fraction of sp³-hybridized carbons (Fsp3) is 0.893. The largest absolute Gasteiger partial charge is 0.457 e. The molecular weight excluding hydrogens is 448 g/mol. The summed E-state index contributed by atoms with van der Waals surface area (Å²) in [5.41, 5.74) is 0.434. The van der Waals surface area contributed by atoms with Crippen LogP contribution in [0.5, 0.6) is 0 Å². The molecule has 4 aliphatic carbocycles. The number of esters is 1. The van der Waals surface area contributed by atoms with Gasteiger partial charge >= 0.3 is 5.97 Å². The van der Waals surface area contributed by atoms with E-state index in [4.69, 9.17) is 14.2 Å². The van der Waals surface area contributed by atoms with Crippen LogP contribution in [-0.2, 0) is 19.0 Å². The first kappa shape index (κ1) is 25.7. The fourth-order valence-electron chi connectivity index (χ4n) is 9.26. The minimum absolute atomic E-state index is 0.0529. The van der Waals surface area contributed by atoms with Crippen LogP contribution in [0.2, 0.25) is 0 Å². The van der Waals surface area contributed by atoms with Crippen LogP contribution in [0.15, 0.2) is 12.7 Å². The van der Waals surface area contributed by atoms with Crippen molar-refractivity contribution in [3.8, 4) is 0 Å². The summed E-state index contributed by atoms with van der Waals surface area (Å²) < 4.78 is 17.1.